The minimum atomic E-state index is -0.328. The van der Waals surface area contributed by atoms with Crippen LogP contribution >= 0.6 is 31.9 Å². The van der Waals surface area contributed by atoms with Crippen LogP contribution in [0.2, 0.25) is 0 Å². The minimum Gasteiger partial charge on any atom is -0.382 e. The number of rotatable bonds is 2. The number of halogens is 3. The number of hydrogen-bond donors (Lipinski definition) is 2. The molecule has 2 aromatic carbocycles. The van der Waals surface area contributed by atoms with E-state index in [1.807, 2.05) is 30.3 Å². The molecule has 0 aliphatic carbocycles. The first-order valence-electron chi connectivity index (χ1n) is 6.11. The summed E-state index contributed by atoms with van der Waals surface area (Å²) < 4.78 is 15.2. The van der Waals surface area contributed by atoms with E-state index in [4.69, 9.17) is 5.73 Å². The van der Waals surface area contributed by atoms with Crippen LogP contribution < -0.4 is 5.73 Å². The highest BCUT2D eigenvalue weighted by atomic mass is 79.9. The van der Waals surface area contributed by atoms with Crippen LogP contribution in [0.4, 0.5) is 10.2 Å². The van der Waals surface area contributed by atoms with Gasteiger partial charge in [0.25, 0.3) is 0 Å². The van der Waals surface area contributed by atoms with Crippen molar-refractivity contribution in [3.63, 3.8) is 0 Å². The molecule has 0 aliphatic heterocycles. The Balaban J connectivity index is 2.24. The molecule has 0 aliphatic rings. The lowest BCUT2D eigenvalue weighted by Gasteiger charge is -2.07. The van der Waals surface area contributed by atoms with Crippen LogP contribution in [0.1, 0.15) is 0 Å². The summed E-state index contributed by atoms with van der Waals surface area (Å²) in [4.78, 5) is 0. The number of benzene rings is 2. The maximum absolute atomic E-state index is 13.6. The number of nitrogens with one attached hydrogen (secondary N) is 1. The van der Waals surface area contributed by atoms with Gasteiger partial charge >= 0.3 is 0 Å². The molecule has 0 radical (unpaired) electrons. The topological polar surface area (TPSA) is 54.7 Å². The summed E-state index contributed by atoms with van der Waals surface area (Å²) in [5, 5.41) is 6.95. The Hall–Kier alpha value is -1.66. The zero-order valence-electron chi connectivity index (χ0n) is 10.7. The molecule has 0 bridgehead atoms. The molecule has 0 unspecified atom stereocenters. The predicted molar refractivity (Wildman–Crippen MR) is 89.2 cm³/mol. The predicted octanol–water partition coefficient (Wildman–Crippen LogP) is 4.99. The molecule has 3 nitrogen and oxygen atoms in total. The second-order valence-electron chi connectivity index (χ2n) is 4.50. The zero-order chi connectivity index (χ0) is 15.0. The van der Waals surface area contributed by atoms with Gasteiger partial charge in [0.05, 0.1) is 11.3 Å². The highest BCUT2D eigenvalue weighted by Crippen LogP contribution is 2.39. The molecule has 21 heavy (non-hydrogen) atoms. The molecule has 106 valence electrons. The van der Waals surface area contributed by atoms with E-state index in [1.54, 1.807) is 0 Å². The van der Waals surface area contributed by atoms with Crippen molar-refractivity contribution in [3.05, 3.63) is 57.2 Å². The average molecular weight is 411 g/mol. The van der Waals surface area contributed by atoms with E-state index in [9.17, 15) is 4.39 Å². The van der Waals surface area contributed by atoms with E-state index in [-0.39, 0.29) is 5.82 Å². The second kappa shape index (κ2) is 5.61. The van der Waals surface area contributed by atoms with Crippen molar-refractivity contribution in [1.29, 1.82) is 0 Å². The van der Waals surface area contributed by atoms with Crippen LogP contribution in [0, 0.1) is 5.82 Å². The number of nitrogen functional groups attached to an aromatic ring is 1. The number of aromatic nitrogens is 2. The normalized spacial score (nSPS) is 10.8. The van der Waals surface area contributed by atoms with Gasteiger partial charge in [-0.25, -0.2) is 4.39 Å². The van der Waals surface area contributed by atoms with Crippen molar-refractivity contribution in [3.8, 4) is 22.4 Å². The fraction of sp³-hybridized carbons (Fsp3) is 0. The van der Waals surface area contributed by atoms with Crippen LogP contribution in [0.5, 0.6) is 0 Å². The van der Waals surface area contributed by atoms with E-state index in [2.05, 4.69) is 42.1 Å². The monoisotopic (exact) mass is 409 g/mol. The molecule has 1 aromatic heterocycles. The highest BCUT2D eigenvalue weighted by molar-refractivity contribution is 9.10. The standard InChI is InChI=1S/C15H10Br2FN3/c16-9-5-8(6-10(18)7-9)14-13(15(19)21-20-14)11-3-1-2-4-12(11)17/h1-7H,(H3,19,20,21). The number of hydrogen-bond acceptors (Lipinski definition) is 2. The Morgan fingerprint density at radius 2 is 1.86 bits per heavy atom. The Morgan fingerprint density at radius 1 is 1.10 bits per heavy atom. The van der Waals surface area contributed by atoms with Gasteiger partial charge in [-0.2, -0.15) is 5.10 Å². The first-order valence-corrected chi connectivity index (χ1v) is 7.70. The summed E-state index contributed by atoms with van der Waals surface area (Å²) in [5.74, 6) is 0.0444. The van der Waals surface area contributed by atoms with Crippen LogP contribution in [-0.2, 0) is 0 Å². The Morgan fingerprint density at radius 3 is 2.57 bits per heavy atom. The van der Waals surface area contributed by atoms with Crippen molar-refractivity contribution < 1.29 is 4.39 Å². The molecule has 6 heteroatoms. The van der Waals surface area contributed by atoms with Crippen molar-refractivity contribution in [1.82, 2.24) is 10.2 Å². The van der Waals surface area contributed by atoms with Gasteiger partial charge in [0, 0.05) is 20.1 Å². The van der Waals surface area contributed by atoms with Gasteiger partial charge in [0.15, 0.2) is 5.82 Å². The van der Waals surface area contributed by atoms with Crippen molar-refractivity contribution in [2.75, 3.05) is 5.73 Å². The lowest BCUT2D eigenvalue weighted by atomic mass is 10.0. The van der Waals surface area contributed by atoms with E-state index in [0.717, 1.165) is 15.6 Å². The third-order valence-electron chi connectivity index (χ3n) is 3.09. The molecule has 0 atom stereocenters. The molecule has 0 fully saturated rings. The summed E-state index contributed by atoms with van der Waals surface area (Å²) in [6, 6.07) is 12.4. The van der Waals surface area contributed by atoms with E-state index in [0.29, 0.717) is 21.5 Å². The number of anilines is 1. The molecule has 0 saturated heterocycles. The van der Waals surface area contributed by atoms with Crippen molar-refractivity contribution in [2.45, 2.75) is 0 Å². The highest BCUT2D eigenvalue weighted by Gasteiger charge is 2.17. The Bertz CT molecular complexity index is 794. The quantitative estimate of drug-likeness (QED) is 0.625. The van der Waals surface area contributed by atoms with Gasteiger partial charge in [-0.15, -0.1) is 0 Å². The molecule has 1 heterocycles. The van der Waals surface area contributed by atoms with Crippen LogP contribution in [-0.4, -0.2) is 10.2 Å². The van der Waals surface area contributed by atoms with Crippen LogP contribution in [0.25, 0.3) is 22.4 Å². The smallest absolute Gasteiger partial charge is 0.153 e. The molecule has 0 saturated carbocycles. The first-order chi connectivity index (χ1) is 10.1. The molecule has 0 amide bonds. The van der Waals surface area contributed by atoms with E-state index >= 15 is 0 Å². The Kier molecular flexibility index (Phi) is 3.82. The summed E-state index contributed by atoms with van der Waals surface area (Å²) in [6.07, 6.45) is 0. The van der Waals surface area contributed by atoms with Crippen molar-refractivity contribution in [2.24, 2.45) is 0 Å². The first kappa shape index (κ1) is 14.3. The molecule has 3 rings (SSSR count). The fourth-order valence-electron chi connectivity index (χ4n) is 2.20. The van der Waals surface area contributed by atoms with Crippen LogP contribution in [0.15, 0.2) is 51.4 Å². The zero-order valence-corrected chi connectivity index (χ0v) is 13.9. The van der Waals surface area contributed by atoms with E-state index in [1.165, 1.54) is 12.1 Å². The van der Waals surface area contributed by atoms with Gasteiger partial charge in [0.1, 0.15) is 5.82 Å². The van der Waals surface area contributed by atoms with Gasteiger partial charge in [-0.3, -0.25) is 5.10 Å². The van der Waals surface area contributed by atoms with Gasteiger partial charge in [-0.1, -0.05) is 50.1 Å². The lowest BCUT2D eigenvalue weighted by Crippen LogP contribution is -1.90. The van der Waals surface area contributed by atoms with Gasteiger partial charge in [0.2, 0.25) is 0 Å². The third kappa shape index (κ3) is 2.73. The fourth-order valence-corrected chi connectivity index (χ4v) is 3.15. The lowest BCUT2D eigenvalue weighted by molar-refractivity contribution is 0.627. The number of nitrogens with zero attached hydrogens (tertiary/aromatic N) is 1. The second-order valence-corrected chi connectivity index (χ2v) is 6.27. The molecule has 3 aromatic rings. The SMILES string of the molecule is Nc1n[nH]c(-c2cc(F)cc(Br)c2)c1-c1ccccc1Br. The largest absolute Gasteiger partial charge is 0.382 e. The van der Waals surface area contributed by atoms with Crippen molar-refractivity contribution >= 4 is 37.7 Å². The maximum atomic E-state index is 13.6. The van der Waals surface area contributed by atoms with Crippen LogP contribution in [0.3, 0.4) is 0 Å². The maximum Gasteiger partial charge on any atom is 0.153 e. The average Bonchev–Trinajstić information content (AvgIpc) is 2.80. The summed E-state index contributed by atoms with van der Waals surface area (Å²) >= 11 is 6.80. The van der Waals surface area contributed by atoms with E-state index < -0.39 is 0 Å². The molecular formula is C15H10Br2FN3. The summed E-state index contributed by atoms with van der Waals surface area (Å²) in [5.41, 5.74) is 9.00. The molecule has 0 spiro atoms. The number of nitrogens with two attached hydrogens (primary N) is 1. The van der Waals surface area contributed by atoms with Gasteiger partial charge < -0.3 is 5.73 Å². The molecular weight excluding hydrogens is 401 g/mol. The number of aromatic amines is 1. The minimum absolute atomic E-state index is 0.328. The summed E-state index contributed by atoms with van der Waals surface area (Å²) in [6.45, 7) is 0. The molecule has 3 N–H and O–H groups in total. The third-order valence-corrected chi connectivity index (χ3v) is 4.24. The number of H-pyrrole nitrogens is 1. The van der Waals surface area contributed by atoms with Gasteiger partial charge in [-0.05, 0) is 24.3 Å². The Labute approximate surface area is 137 Å². The summed E-state index contributed by atoms with van der Waals surface area (Å²) in [7, 11) is 0.